The first-order chi connectivity index (χ1) is 16.1. The highest BCUT2D eigenvalue weighted by Gasteiger charge is 2.14. The number of nitrogens with one attached hydrogen (secondary N) is 1. The van der Waals surface area contributed by atoms with E-state index in [1.807, 2.05) is 12.1 Å². The summed E-state index contributed by atoms with van der Waals surface area (Å²) >= 11 is 1.60. The average Bonchev–Trinajstić information content (AvgIpc) is 3.28. The molecule has 0 unspecified atom stereocenters. The maximum atomic E-state index is 12.4. The minimum atomic E-state index is -0.308. The molecule has 4 aromatic rings. The number of rotatable bonds is 9. The number of anilines is 2. The summed E-state index contributed by atoms with van der Waals surface area (Å²) in [6.45, 7) is 9.30. The van der Waals surface area contributed by atoms with Crippen molar-refractivity contribution >= 4 is 39.0 Å². The van der Waals surface area contributed by atoms with Gasteiger partial charge in [-0.2, -0.15) is 0 Å². The first-order valence-electron chi connectivity index (χ1n) is 11.1. The number of hydrogen-bond donors (Lipinski definition) is 1. The zero-order chi connectivity index (χ0) is 23.2. The van der Waals surface area contributed by atoms with E-state index in [4.69, 9.17) is 4.74 Å². The van der Waals surface area contributed by atoms with E-state index < -0.39 is 0 Å². The highest BCUT2D eigenvalue weighted by molar-refractivity contribution is 7.17. The highest BCUT2D eigenvalue weighted by Crippen LogP contribution is 2.37. The van der Waals surface area contributed by atoms with Crippen molar-refractivity contribution in [2.45, 2.75) is 20.8 Å². The van der Waals surface area contributed by atoms with Gasteiger partial charge in [0.2, 0.25) is 0 Å². The molecule has 0 aliphatic heterocycles. The van der Waals surface area contributed by atoms with Crippen LogP contribution in [-0.4, -0.2) is 47.1 Å². The maximum absolute atomic E-state index is 12.4. The molecule has 170 valence electrons. The number of carbonyl (C=O) groups excluding carboxylic acids is 1. The van der Waals surface area contributed by atoms with E-state index in [-0.39, 0.29) is 5.97 Å². The number of fused-ring (bicyclic) bond motifs is 1. The number of carbonyl (C=O) groups is 1. The lowest BCUT2D eigenvalue weighted by Gasteiger charge is -2.17. The molecule has 2 aromatic heterocycles. The van der Waals surface area contributed by atoms with Gasteiger partial charge >= 0.3 is 5.97 Å². The molecule has 0 aliphatic rings. The predicted octanol–water partition coefficient (Wildman–Crippen LogP) is 5.91. The smallest absolute Gasteiger partial charge is 0.338 e. The third-order valence-corrected chi connectivity index (χ3v) is 6.54. The Balaban J connectivity index is 1.49. The summed E-state index contributed by atoms with van der Waals surface area (Å²) in [7, 11) is 0. The molecule has 0 fully saturated rings. The van der Waals surface area contributed by atoms with Gasteiger partial charge < -0.3 is 15.0 Å². The largest absolute Gasteiger partial charge is 0.461 e. The molecule has 0 aliphatic carbocycles. The Morgan fingerprint density at radius 2 is 1.76 bits per heavy atom. The fourth-order valence-corrected chi connectivity index (χ4v) is 4.55. The van der Waals surface area contributed by atoms with Gasteiger partial charge in [0.25, 0.3) is 0 Å². The van der Waals surface area contributed by atoms with Crippen LogP contribution in [0.25, 0.3) is 21.3 Å². The molecule has 0 saturated carbocycles. The number of hydrogen-bond acceptors (Lipinski definition) is 7. The van der Waals surface area contributed by atoms with Crippen molar-refractivity contribution in [2.75, 3.05) is 31.6 Å². The quantitative estimate of drug-likeness (QED) is 0.313. The van der Waals surface area contributed by atoms with Crippen LogP contribution in [0.5, 0.6) is 0 Å². The topological polar surface area (TPSA) is 67.3 Å². The summed E-state index contributed by atoms with van der Waals surface area (Å²) in [6.07, 6.45) is 1.57. The number of aromatic nitrogens is 2. The van der Waals surface area contributed by atoms with Gasteiger partial charge in [-0.3, -0.25) is 0 Å². The Morgan fingerprint density at radius 3 is 2.45 bits per heavy atom. The van der Waals surface area contributed by atoms with E-state index in [1.165, 1.54) is 5.56 Å². The second-order valence-corrected chi connectivity index (χ2v) is 8.64. The van der Waals surface area contributed by atoms with Crippen molar-refractivity contribution in [1.82, 2.24) is 14.9 Å². The van der Waals surface area contributed by atoms with Crippen molar-refractivity contribution < 1.29 is 9.53 Å². The second kappa shape index (κ2) is 10.6. The molecule has 0 bridgehead atoms. The van der Waals surface area contributed by atoms with E-state index in [1.54, 1.807) is 29.8 Å². The molecule has 7 heteroatoms. The van der Waals surface area contributed by atoms with Gasteiger partial charge in [0.1, 0.15) is 23.6 Å². The Kier molecular flexibility index (Phi) is 7.32. The van der Waals surface area contributed by atoms with Gasteiger partial charge in [-0.1, -0.05) is 43.7 Å². The summed E-state index contributed by atoms with van der Waals surface area (Å²) in [5.74, 6) is 0.434. The van der Waals surface area contributed by atoms with Gasteiger partial charge in [0.15, 0.2) is 0 Å². The van der Waals surface area contributed by atoms with Crippen molar-refractivity contribution in [3.8, 4) is 11.1 Å². The van der Waals surface area contributed by atoms with Crippen LogP contribution in [0.15, 0.2) is 60.2 Å². The van der Waals surface area contributed by atoms with Crippen molar-refractivity contribution in [2.24, 2.45) is 0 Å². The SMILES string of the molecule is CCN(CC)CCOC(=O)c1ccc(Nc2ncnc3scc(-c4ccc(C)cc4)c23)cc1. The van der Waals surface area contributed by atoms with Crippen LogP contribution in [0.3, 0.4) is 0 Å². The Bertz CT molecular complexity index is 1220. The van der Waals surface area contributed by atoms with Crippen molar-refractivity contribution in [3.63, 3.8) is 0 Å². The molecule has 0 saturated heterocycles. The number of likely N-dealkylation sites (N-methyl/N-ethyl adjacent to an activating group) is 1. The minimum absolute atomic E-state index is 0.308. The van der Waals surface area contributed by atoms with Crippen molar-refractivity contribution in [3.05, 3.63) is 71.4 Å². The summed E-state index contributed by atoms with van der Waals surface area (Å²) in [5, 5.41) is 6.50. The normalized spacial score (nSPS) is 11.2. The predicted molar refractivity (Wildman–Crippen MR) is 135 cm³/mol. The lowest BCUT2D eigenvalue weighted by atomic mass is 10.0. The molecule has 0 atom stereocenters. The van der Waals surface area contributed by atoms with Crippen LogP contribution in [-0.2, 0) is 4.74 Å². The zero-order valence-corrected chi connectivity index (χ0v) is 20.0. The lowest BCUT2D eigenvalue weighted by Crippen LogP contribution is -2.27. The molecule has 33 heavy (non-hydrogen) atoms. The first-order valence-corrected chi connectivity index (χ1v) is 12.0. The first kappa shape index (κ1) is 22.9. The summed E-state index contributed by atoms with van der Waals surface area (Å²) in [6, 6.07) is 15.7. The molecule has 4 rings (SSSR count). The van der Waals surface area contributed by atoms with Crippen LogP contribution in [0, 0.1) is 6.92 Å². The summed E-state index contributed by atoms with van der Waals surface area (Å²) < 4.78 is 5.42. The third kappa shape index (κ3) is 5.38. The van der Waals surface area contributed by atoms with E-state index in [9.17, 15) is 4.79 Å². The Labute approximate surface area is 198 Å². The molecular weight excluding hydrogens is 432 g/mol. The van der Waals surface area contributed by atoms with Crippen LogP contribution < -0.4 is 5.32 Å². The third-order valence-electron chi connectivity index (χ3n) is 5.65. The molecule has 0 amide bonds. The average molecular weight is 461 g/mol. The van der Waals surface area contributed by atoms with Crippen LogP contribution in [0.1, 0.15) is 29.8 Å². The van der Waals surface area contributed by atoms with Crippen LogP contribution >= 0.6 is 11.3 Å². The van der Waals surface area contributed by atoms with Crippen LogP contribution in [0.4, 0.5) is 11.5 Å². The summed E-state index contributed by atoms with van der Waals surface area (Å²) in [5.41, 5.74) is 4.83. The highest BCUT2D eigenvalue weighted by atomic mass is 32.1. The molecule has 0 spiro atoms. The lowest BCUT2D eigenvalue weighted by molar-refractivity contribution is 0.0466. The van der Waals surface area contributed by atoms with Gasteiger partial charge in [-0.25, -0.2) is 14.8 Å². The van der Waals surface area contributed by atoms with E-state index >= 15 is 0 Å². The summed E-state index contributed by atoms with van der Waals surface area (Å²) in [4.78, 5) is 24.4. The molecule has 2 aromatic carbocycles. The van der Waals surface area contributed by atoms with Gasteiger partial charge in [0.05, 0.1) is 10.9 Å². The minimum Gasteiger partial charge on any atom is -0.461 e. The maximum Gasteiger partial charge on any atom is 0.338 e. The van der Waals surface area contributed by atoms with E-state index in [2.05, 4.69) is 70.6 Å². The van der Waals surface area contributed by atoms with Gasteiger partial charge in [-0.05, 0) is 49.8 Å². The standard InChI is InChI=1S/C26H28N4O2S/c1-4-30(5-2)14-15-32-26(31)20-10-12-21(13-11-20)29-24-23-22(16-33-25(23)28-17-27-24)19-8-6-18(3)7-9-19/h6-13,16-17H,4-5,14-15H2,1-3H3,(H,27,28,29). The number of aryl methyl sites for hydroxylation is 1. The monoisotopic (exact) mass is 460 g/mol. The number of benzene rings is 2. The van der Waals surface area contributed by atoms with Crippen molar-refractivity contribution in [1.29, 1.82) is 0 Å². The molecule has 6 nitrogen and oxygen atoms in total. The van der Waals surface area contributed by atoms with E-state index in [0.29, 0.717) is 12.2 Å². The number of thiophene rings is 1. The molecule has 1 N–H and O–H groups in total. The van der Waals surface area contributed by atoms with E-state index in [0.717, 1.165) is 52.5 Å². The Hall–Kier alpha value is -3.29. The number of esters is 1. The molecular formula is C26H28N4O2S. The molecule has 2 heterocycles. The van der Waals surface area contributed by atoms with Gasteiger partial charge in [0, 0.05) is 23.2 Å². The number of ether oxygens (including phenoxy) is 1. The zero-order valence-electron chi connectivity index (χ0n) is 19.2. The fraction of sp³-hybridized carbons (Fsp3) is 0.269. The second-order valence-electron chi connectivity index (χ2n) is 7.78. The number of nitrogens with zero attached hydrogens (tertiary/aromatic N) is 3. The van der Waals surface area contributed by atoms with Crippen LogP contribution in [0.2, 0.25) is 0 Å². The fourth-order valence-electron chi connectivity index (χ4n) is 3.63. The van der Waals surface area contributed by atoms with Gasteiger partial charge in [-0.15, -0.1) is 11.3 Å². The Morgan fingerprint density at radius 1 is 1.03 bits per heavy atom. The molecule has 0 radical (unpaired) electrons.